The lowest BCUT2D eigenvalue weighted by molar-refractivity contribution is -0.139. The van der Waals surface area contributed by atoms with Gasteiger partial charge in [-0.1, -0.05) is 19.3 Å². The lowest BCUT2D eigenvalue weighted by Crippen LogP contribution is -2.56. The molecule has 3 N–H and O–H groups in total. The van der Waals surface area contributed by atoms with Crippen molar-refractivity contribution in [3.8, 4) is 0 Å². The Morgan fingerprint density at radius 2 is 1.56 bits per heavy atom. The summed E-state index contributed by atoms with van der Waals surface area (Å²) in [5.41, 5.74) is 0. The number of fused-ring (bicyclic) bond motifs is 1. The Balaban J connectivity index is 1.74. The molecule has 3 aliphatic rings. The number of carbonyl (C=O) groups is 3. The fourth-order valence-electron chi connectivity index (χ4n) is 4.93. The molecule has 0 spiro atoms. The van der Waals surface area contributed by atoms with Gasteiger partial charge in [0.25, 0.3) is 0 Å². The van der Waals surface area contributed by atoms with Crippen molar-refractivity contribution in [2.75, 3.05) is 20.1 Å². The normalized spacial score (nSPS) is 27.9. The molecule has 0 radical (unpaired) electrons. The zero-order chi connectivity index (χ0) is 19.6. The van der Waals surface area contributed by atoms with Crippen molar-refractivity contribution in [1.82, 2.24) is 20.4 Å². The second-order valence-electron chi connectivity index (χ2n) is 8.11. The molecule has 0 aromatic carbocycles. The molecule has 3 amide bonds. The van der Waals surface area contributed by atoms with Crippen molar-refractivity contribution in [2.45, 2.75) is 76.0 Å². The van der Waals surface area contributed by atoms with E-state index in [1.54, 1.807) is 14.0 Å². The number of carboxylic acid groups (broad SMARTS) is 1. The van der Waals surface area contributed by atoms with Crippen molar-refractivity contribution in [3.63, 3.8) is 0 Å². The number of likely N-dealkylation sites (N-methyl/N-ethyl adjacent to an activating group) is 1. The van der Waals surface area contributed by atoms with Crippen LogP contribution in [0.3, 0.4) is 0 Å². The summed E-state index contributed by atoms with van der Waals surface area (Å²) in [7, 11) is 1.73. The molecule has 2 saturated heterocycles. The molecule has 1 saturated carbocycles. The van der Waals surface area contributed by atoms with Gasteiger partial charge in [0.15, 0.2) is 0 Å². The molecule has 0 bridgehead atoms. The third-order valence-electron chi connectivity index (χ3n) is 6.62. The first kappa shape index (κ1) is 19.9. The molecule has 4 atom stereocenters. The Morgan fingerprint density at radius 3 is 2.15 bits per heavy atom. The second kappa shape index (κ2) is 8.46. The highest BCUT2D eigenvalue weighted by Gasteiger charge is 2.48. The Hall–Kier alpha value is -1.83. The fraction of sp³-hybridized carbons (Fsp3) is 0.842. The number of amides is 3. The molecule has 1 aliphatic carbocycles. The molecule has 2 aliphatic heterocycles. The number of hydrogen-bond acceptors (Lipinski definition) is 4. The van der Waals surface area contributed by atoms with Gasteiger partial charge in [0, 0.05) is 13.1 Å². The molecule has 3 fully saturated rings. The first-order valence-electron chi connectivity index (χ1n) is 10.2. The first-order valence-corrected chi connectivity index (χ1v) is 10.2. The van der Waals surface area contributed by atoms with Crippen LogP contribution in [0.15, 0.2) is 0 Å². The monoisotopic (exact) mass is 380 g/mol. The predicted molar refractivity (Wildman–Crippen MR) is 100 cm³/mol. The van der Waals surface area contributed by atoms with E-state index in [4.69, 9.17) is 0 Å². The van der Waals surface area contributed by atoms with E-state index >= 15 is 0 Å². The smallest absolute Gasteiger partial charge is 0.407 e. The van der Waals surface area contributed by atoms with E-state index < -0.39 is 12.1 Å². The summed E-state index contributed by atoms with van der Waals surface area (Å²) in [5, 5.41) is 15.3. The highest BCUT2D eigenvalue weighted by atomic mass is 16.4. The van der Waals surface area contributed by atoms with Crippen LogP contribution in [0.5, 0.6) is 0 Å². The largest absolute Gasteiger partial charge is 0.465 e. The molecular formula is C19H32N4O4. The minimum Gasteiger partial charge on any atom is -0.465 e. The molecule has 4 unspecified atom stereocenters. The quantitative estimate of drug-likeness (QED) is 0.661. The number of nitrogens with one attached hydrogen (secondary N) is 2. The van der Waals surface area contributed by atoms with Gasteiger partial charge in [-0.2, -0.15) is 0 Å². The van der Waals surface area contributed by atoms with Crippen molar-refractivity contribution in [2.24, 2.45) is 5.92 Å². The van der Waals surface area contributed by atoms with E-state index in [2.05, 4.69) is 10.6 Å². The Labute approximate surface area is 160 Å². The van der Waals surface area contributed by atoms with Crippen LogP contribution in [-0.4, -0.2) is 77.1 Å². The third kappa shape index (κ3) is 4.05. The van der Waals surface area contributed by atoms with Crippen LogP contribution < -0.4 is 10.6 Å². The standard InChI is InChI=1S/C19H32N4O4/c1-12(20-2)17(24)21-16(13-6-4-3-5-7-13)18(25)22-10-8-15-14(22)9-11-23(15)19(26)27/h12-16,20H,3-11H2,1-2H3,(H,21,24)(H,26,27). The van der Waals surface area contributed by atoms with Gasteiger partial charge in [-0.15, -0.1) is 0 Å². The topological polar surface area (TPSA) is 102 Å². The van der Waals surface area contributed by atoms with Crippen LogP contribution in [0.2, 0.25) is 0 Å². The van der Waals surface area contributed by atoms with Crippen molar-refractivity contribution >= 4 is 17.9 Å². The average molecular weight is 380 g/mol. The zero-order valence-electron chi connectivity index (χ0n) is 16.3. The summed E-state index contributed by atoms with van der Waals surface area (Å²) < 4.78 is 0. The van der Waals surface area contributed by atoms with Crippen molar-refractivity contribution in [3.05, 3.63) is 0 Å². The minimum absolute atomic E-state index is 0.0294. The van der Waals surface area contributed by atoms with Crippen LogP contribution in [0.4, 0.5) is 4.79 Å². The molecule has 2 heterocycles. The summed E-state index contributed by atoms with van der Waals surface area (Å²) in [4.78, 5) is 40.6. The number of hydrogen-bond donors (Lipinski definition) is 3. The van der Waals surface area contributed by atoms with Gasteiger partial charge in [0.1, 0.15) is 6.04 Å². The van der Waals surface area contributed by atoms with Crippen LogP contribution in [-0.2, 0) is 9.59 Å². The van der Waals surface area contributed by atoms with Gasteiger partial charge < -0.3 is 25.5 Å². The van der Waals surface area contributed by atoms with Crippen LogP contribution in [0.25, 0.3) is 0 Å². The fourth-order valence-corrected chi connectivity index (χ4v) is 4.93. The molecule has 0 aromatic heterocycles. The Bertz CT molecular complexity index is 578. The lowest BCUT2D eigenvalue weighted by Gasteiger charge is -2.35. The second-order valence-corrected chi connectivity index (χ2v) is 8.11. The van der Waals surface area contributed by atoms with E-state index in [0.717, 1.165) is 25.7 Å². The maximum atomic E-state index is 13.4. The van der Waals surface area contributed by atoms with Gasteiger partial charge in [-0.3, -0.25) is 9.59 Å². The van der Waals surface area contributed by atoms with Gasteiger partial charge in [0.05, 0.1) is 18.1 Å². The summed E-state index contributed by atoms with van der Waals surface area (Å²) in [6.07, 6.45) is 5.72. The zero-order valence-corrected chi connectivity index (χ0v) is 16.3. The number of carbonyl (C=O) groups excluding carboxylic acids is 2. The summed E-state index contributed by atoms with van der Waals surface area (Å²) in [6, 6.07) is -1.03. The molecule has 152 valence electrons. The van der Waals surface area contributed by atoms with Crippen LogP contribution in [0.1, 0.15) is 51.9 Å². The molecule has 8 heteroatoms. The van der Waals surface area contributed by atoms with Crippen LogP contribution >= 0.6 is 0 Å². The minimum atomic E-state index is -0.906. The average Bonchev–Trinajstić information content (AvgIpc) is 3.27. The summed E-state index contributed by atoms with van der Waals surface area (Å²) in [5.74, 6) is -0.0238. The van der Waals surface area contributed by atoms with E-state index in [1.807, 2.05) is 4.90 Å². The van der Waals surface area contributed by atoms with Crippen molar-refractivity contribution in [1.29, 1.82) is 0 Å². The van der Waals surface area contributed by atoms with E-state index in [9.17, 15) is 19.5 Å². The molecule has 0 aromatic rings. The van der Waals surface area contributed by atoms with Crippen molar-refractivity contribution < 1.29 is 19.5 Å². The first-order chi connectivity index (χ1) is 12.9. The Morgan fingerprint density at radius 1 is 0.963 bits per heavy atom. The predicted octanol–water partition coefficient (Wildman–Crippen LogP) is 1.01. The summed E-state index contributed by atoms with van der Waals surface area (Å²) in [6.45, 7) is 2.83. The Kier molecular flexibility index (Phi) is 6.24. The van der Waals surface area contributed by atoms with Gasteiger partial charge in [-0.05, 0) is 45.6 Å². The molecule has 3 rings (SSSR count). The van der Waals surface area contributed by atoms with E-state index in [1.165, 1.54) is 11.3 Å². The van der Waals surface area contributed by atoms with Crippen LogP contribution in [0, 0.1) is 5.92 Å². The van der Waals surface area contributed by atoms with Gasteiger partial charge in [0.2, 0.25) is 11.8 Å². The lowest BCUT2D eigenvalue weighted by atomic mass is 9.83. The number of likely N-dealkylation sites (tertiary alicyclic amines) is 2. The summed E-state index contributed by atoms with van der Waals surface area (Å²) >= 11 is 0. The van der Waals surface area contributed by atoms with E-state index in [-0.39, 0.29) is 35.9 Å². The third-order valence-corrected chi connectivity index (χ3v) is 6.62. The van der Waals surface area contributed by atoms with Gasteiger partial charge >= 0.3 is 6.09 Å². The SMILES string of the molecule is CNC(C)C(=O)NC(C(=O)N1CCC2C1CCN2C(=O)O)C1CCCCC1. The van der Waals surface area contributed by atoms with Gasteiger partial charge in [-0.25, -0.2) is 4.79 Å². The highest BCUT2D eigenvalue weighted by Crippen LogP contribution is 2.34. The number of rotatable bonds is 5. The molecule has 27 heavy (non-hydrogen) atoms. The maximum absolute atomic E-state index is 13.4. The highest BCUT2D eigenvalue weighted by molar-refractivity contribution is 5.90. The molecule has 8 nitrogen and oxygen atoms in total. The molecular weight excluding hydrogens is 348 g/mol. The number of nitrogens with zero attached hydrogens (tertiary/aromatic N) is 2. The van der Waals surface area contributed by atoms with E-state index in [0.29, 0.717) is 25.9 Å². The maximum Gasteiger partial charge on any atom is 0.407 e.